The van der Waals surface area contributed by atoms with E-state index in [9.17, 15) is 4.79 Å². The van der Waals surface area contributed by atoms with Crippen molar-refractivity contribution >= 4 is 5.91 Å². The Bertz CT molecular complexity index is 391. The van der Waals surface area contributed by atoms with Crippen molar-refractivity contribution in [3.63, 3.8) is 0 Å². The van der Waals surface area contributed by atoms with Crippen molar-refractivity contribution in [1.29, 1.82) is 0 Å². The van der Waals surface area contributed by atoms with Crippen LogP contribution in [0.2, 0.25) is 0 Å². The quantitative estimate of drug-likeness (QED) is 0.815. The lowest BCUT2D eigenvalue weighted by molar-refractivity contribution is -0.132. The van der Waals surface area contributed by atoms with Gasteiger partial charge in [0.15, 0.2) is 0 Å². The van der Waals surface area contributed by atoms with Gasteiger partial charge in [-0.2, -0.15) is 0 Å². The molecule has 1 atom stereocenters. The highest BCUT2D eigenvalue weighted by atomic mass is 16.3. The molecule has 17 heavy (non-hydrogen) atoms. The van der Waals surface area contributed by atoms with Gasteiger partial charge in [-0.25, -0.2) is 0 Å². The van der Waals surface area contributed by atoms with Crippen molar-refractivity contribution in [1.82, 2.24) is 19.9 Å². The molecule has 1 aromatic heterocycles. The van der Waals surface area contributed by atoms with Crippen LogP contribution in [0.4, 0.5) is 0 Å². The number of aromatic nitrogens is 3. The van der Waals surface area contributed by atoms with Crippen LogP contribution in [0.15, 0.2) is 6.20 Å². The maximum absolute atomic E-state index is 11.5. The zero-order valence-electron chi connectivity index (χ0n) is 10.0. The number of hydrogen-bond donors (Lipinski definition) is 1. The van der Waals surface area contributed by atoms with Gasteiger partial charge in [-0.15, -0.1) is 5.10 Å². The van der Waals surface area contributed by atoms with Gasteiger partial charge in [0.1, 0.15) is 5.69 Å². The Balaban J connectivity index is 2.02. The van der Waals surface area contributed by atoms with Crippen LogP contribution in [0.1, 0.15) is 31.9 Å². The molecule has 1 saturated heterocycles. The molecule has 1 aliphatic heterocycles. The highest BCUT2D eigenvalue weighted by molar-refractivity contribution is 5.73. The van der Waals surface area contributed by atoms with E-state index in [0.29, 0.717) is 12.2 Å². The minimum absolute atomic E-state index is 0.0961. The van der Waals surface area contributed by atoms with Crippen molar-refractivity contribution in [3.05, 3.63) is 11.9 Å². The molecule has 1 aliphatic rings. The number of carbonyl (C=O) groups excluding carboxylic acids is 1. The fourth-order valence-corrected chi connectivity index (χ4v) is 2.32. The van der Waals surface area contributed by atoms with Gasteiger partial charge in [0, 0.05) is 13.5 Å². The van der Waals surface area contributed by atoms with Crippen LogP contribution in [0.5, 0.6) is 0 Å². The fourth-order valence-electron chi connectivity index (χ4n) is 2.32. The Morgan fingerprint density at radius 3 is 3.06 bits per heavy atom. The SMILES string of the molecule is CC(=O)N1CCCC[C@H]1Cn1cc(CO)nn1. The molecule has 1 N–H and O–H groups in total. The molecular formula is C11H18N4O2. The van der Waals surface area contributed by atoms with Gasteiger partial charge in [-0.05, 0) is 19.3 Å². The van der Waals surface area contributed by atoms with Crippen molar-refractivity contribution < 1.29 is 9.90 Å². The molecule has 6 heteroatoms. The average Bonchev–Trinajstić information content (AvgIpc) is 2.77. The normalized spacial score (nSPS) is 20.6. The monoisotopic (exact) mass is 238 g/mol. The van der Waals surface area contributed by atoms with E-state index in [4.69, 9.17) is 5.11 Å². The third-order valence-electron chi connectivity index (χ3n) is 3.18. The first kappa shape index (κ1) is 12.0. The summed E-state index contributed by atoms with van der Waals surface area (Å²) in [5.41, 5.74) is 0.565. The standard InChI is InChI=1S/C11H18N4O2/c1-9(17)15-5-3-2-4-11(15)7-14-6-10(8-16)12-13-14/h6,11,16H,2-5,7-8H2,1H3/t11-/m0/s1. The van der Waals surface area contributed by atoms with Crippen molar-refractivity contribution in [3.8, 4) is 0 Å². The van der Waals surface area contributed by atoms with Crippen LogP contribution < -0.4 is 0 Å². The molecule has 1 amide bonds. The molecule has 0 bridgehead atoms. The van der Waals surface area contributed by atoms with E-state index in [2.05, 4.69) is 10.3 Å². The molecule has 1 aromatic rings. The zero-order chi connectivity index (χ0) is 12.3. The molecule has 6 nitrogen and oxygen atoms in total. The number of aliphatic hydroxyl groups is 1. The van der Waals surface area contributed by atoms with Crippen molar-refractivity contribution in [2.24, 2.45) is 0 Å². The van der Waals surface area contributed by atoms with Crippen LogP contribution in [-0.4, -0.2) is 43.5 Å². The summed E-state index contributed by atoms with van der Waals surface area (Å²) in [6.45, 7) is 3.01. The van der Waals surface area contributed by atoms with E-state index in [-0.39, 0.29) is 18.6 Å². The summed E-state index contributed by atoms with van der Waals surface area (Å²) in [6, 6.07) is 0.203. The van der Waals surface area contributed by atoms with E-state index >= 15 is 0 Å². The predicted molar refractivity (Wildman–Crippen MR) is 61.0 cm³/mol. The summed E-state index contributed by atoms with van der Waals surface area (Å²) in [4.78, 5) is 13.4. The first-order valence-electron chi connectivity index (χ1n) is 5.98. The van der Waals surface area contributed by atoms with Crippen LogP contribution in [0.25, 0.3) is 0 Å². The summed E-state index contributed by atoms with van der Waals surface area (Å²) in [5, 5.41) is 16.7. The Morgan fingerprint density at radius 2 is 2.41 bits per heavy atom. The van der Waals surface area contributed by atoms with Crippen molar-refractivity contribution in [2.45, 2.75) is 45.4 Å². The second-order valence-electron chi connectivity index (χ2n) is 4.45. The van der Waals surface area contributed by atoms with Gasteiger partial charge >= 0.3 is 0 Å². The Hall–Kier alpha value is -1.43. The number of piperidine rings is 1. The number of aliphatic hydroxyl groups excluding tert-OH is 1. The average molecular weight is 238 g/mol. The zero-order valence-corrected chi connectivity index (χ0v) is 10.0. The molecule has 0 aliphatic carbocycles. The van der Waals surface area contributed by atoms with E-state index < -0.39 is 0 Å². The number of carbonyl (C=O) groups is 1. The highest BCUT2D eigenvalue weighted by Crippen LogP contribution is 2.18. The molecule has 0 saturated carbocycles. The summed E-state index contributed by atoms with van der Waals surface area (Å²) < 4.78 is 1.71. The van der Waals surface area contributed by atoms with Crippen LogP contribution in [0.3, 0.4) is 0 Å². The molecule has 0 aromatic carbocycles. The lowest BCUT2D eigenvalue weighted by Gasteiger charge is -2.34. The first-order valence-corrected chi connectivity index (χ1v) is 5.98. The van der Waals surface area contributed by atoms with Gasteiger partial charge in [-0.3, -0.25) is 9.48 Å². The number of likely N-dealkylation sites (tertiary alicyclic amines) is 1. The van der Waals surface area contributed by atoms with Crippen LogP contribution in [0, 0.1) is 0 Å². The lowest BCUT2D eigenvalue weighted by Crippen LogP contribution is -2.44. The van der Waals surface area contributed by atoms with Crippen LogP contribution in [-0.2, 0) is 17.9 Å². The smallest absolute Gasteiger partial charge is 0.219 e. The molecular weight excluding hydrogens is 220 g/mol. The molecule has 2 rings (SSSR count). The summed E-state index contributed by atoms with van der Waals surface area (Å²) in [7, 11) is 0. The van der Waals surface area contributed by atoms with Crippen LogP contribution >= 0.6 is 0 Å². The lowest BCUT2D eigenvalue weighted by atomic mass is 10.0. The van der Waals surface area contributed by atoms with Crippen molar-refractivity contribution in [2.75, 3.05) is 6.54 Å². The maximum Gasteiger partial charge on any atom is 0.219 e. The summed E-state index contributed by atoms with van der Waals surface area (Å²) in [6.07, 6.45) is 4.96. The molecule has 0 unspecified atom stereocenters. The number of rotatable bonds is 3. The van der Waals surface area contributed by atoms with E-state index in [1.807, 2.05) is 4.90 Å². The van der Waals surface area contributed by atoms with E-state index in [1.165, 1.54) is 0 Å². The predicted octanol–water partition coefficient (Wildman–Crippen LogP) is 0.171. The second kappa shape index (κ2) is 5.27. The third-order valence-corrected chi connectivity index (χ3v) is 3.18. The minimum atomic E-state index is -0.0961. The van der Waals surface area contributed by atoms with E-state index in [1.54, 1.807) is 17.8 Å². The molecule has 1 fully saturated rings. The summed E-state index contributed by atoms with van der Waals surface area (Å²) in [5.74, 6) is 0.122. The van der Waals surface area contributed by atoms with Gasteiger partial charge in [-0.1, -0.05) is 5.21 Å². The van der Waals surface area contributed by atoms with Gasteiger partial charge in [0.05, 0.1) is 25.4 Å². The fraction of sp³-hybridized carbons (Fsp3) is 0.727. The number of amides is 1. The van der Waals surface area contributed by atoms with Gasteiger partial charge in [0.2, 0.25) is 5.91 Å². The molecule has 0 radical (unpaired) electrons. The second-order valence-corrected chi connectivity index (χ2v) is 4.45. The summed E-state index contributed by atoms with van der Waals surface area (Å²) >= 11 is 0. The molecule has 2 heterocycles. The van der Waals surface area contributed by atoms with Gasteiger partial charge in [0.25, 0.3) is 0 Å². The first-order chi connectivity index (χ1) is 8.20. The maximum atomic E-state index is 11.5. The van der Waals surface area contributed by atoms with Gasteiger partial charge < -0.3 is 10.0 Å². The molecule has 94 valence electrons. The number of nitrogens with zero attached hydrogens (tertiary/aromatic N) is 4. The topological polar surface area (TPSA) is 71.2 Å². The number of hydrogen-bond acceptors (Lipinski definition) is 4. The van der Waals surface area contributed by atoms with E-state index in [0.717, 1.165) is 25.8 Å². The Morgan fingerprint density at radius 1 is 1.59 bits per heavy atom. The Kier molecular flexibility index (Phi) is 3.73. The Labute approximate surface area is 100 Å². The highest BCUT2D eigenvalue weighted by Gasteiger charge is 2.24. The minimum Gasteiger partial charge on any atom is -0.390 e. The molecule has 0 spiro atoms. The largest absolute Gasteiger partial charge is 0.390 e. The third kappa shape index (κ3) is 2.82.